The molecule has 1 heterocycles. The van der Waals surface area contributed by atoms with Gasteiger partial charge in [-0.1, -0.05) is 0 Å². The summed E-state index contributed by atoms with van der Waals surface area (Å²) >= 11 is 0. The molecule has 0 spiro atoms. The van der Waals surface area contributed by atoms with E-state index >= 15 is 0 Å². The Hall–Kier alpha value is -1.20. The second-order valence-corrected chi connectivity index (χ2v) is 6.24. The number of hydrogen-bond acceptors (Lipinski definition) is 3. The highest BCUT2D eigenvalue weighted by Crippen LogP contribution is 2.44. The number of amides is 1. The van der Waals surface area contributed by atoms with Crippen molar-refractivity contribution in [2.75, 3.05) is 13.1 Å². The normalized spacial score (nSPS) is 27.0. The molecule has 110 valence electrons. The number of ether oxygens (including phenoxy) is 1. The Morgan fingerprint density at radius 3 is 2.16 bits per heavy atom. The van der Waals surface area contributed by atoms with Crippen molar-refractivity contribution >= 4 is 11.9 Å². The maximum atomic E-state index is 14.1. The Morgan fingerprint density at radius 1 is 1.26 bits per heavy atom. The van der Waals surface area contributed by atoms with Crippen molar-refractivity contribution in [1.29, 1.82) is 0 Å². The van der Waals surface area contributed by atoms with E-state index in [4.69, 9.17) is 4.74 Å². The fourth-order valence-corrected chi connectivity index (χ4v) is 1.95. The average Bonchev–Trinajstić information content (AvgIpc) is 2.19. The van der Waals surface area contributed by atoms with Crippen LogP contribution in [-0.4, -0.2) is 41.4 Å². The number of Topliss-reactive ketones (excluding diaryl/α,β-unsaturated/α-hetero) is 1. The van der Waals surface area contributed by atoms with Crippen LogP contribution >= 0.6 is 0 Å². The van der Waals surface area contributed by atoms with Gasteiger partial charge < -0.3 is 9.64 Å². The molecular weight excluding hydrogens is 256 g/mol. The molecule has 0 aromatic carbocycles. The quantitative estimate of drug-likeness (QED) is 0.740. The number of ketones is 1. The van der Waals surface area contributed by atoms with Crippen LogP contribution in [0.1, 0.15) is 41.0 Å². The SMILES string of the molecule is CC(=O)C1(C)CCN(C(=O)OC(C)(C)C)CC1(F)F. The molecule has 1 fully saturated rings. The van der Waals surface area contributed by atoms with Crippen molar-refractivity contribution in [1.82, 2.24) is 4.90 Å². The second-order valence-electron chi connectivity index (χ2n) is 6.24. The van der Waals surface area contributed by atoms with Crippen molar-refractivity contribution in [2.24, 2.45) is 5.41 Å². The van der Waals surface area contributed by atoms with E-state index in [1.54, 1.807) is 20.8 Å². The number of carbonyl (C=O) groups excluding carboxylic acids is 2. The molecule has 1 atom stereocenters. The smallest absolute Gasteiger partial charge is 0.410 e. The lowest BCUT2D eigenvalue weighted by molar-refractivity contribution is -0.173. The Bertz CT molecular complexity index is 390. The monoisotopic (exact) mass is 277 g/mol. The first-order chi connectivity index (χ1) is 8.39. The van der Waals surface area contributed by atoms with E-state index in [0.29, 0.717) is 0 Å². The standard InChI is InChI=1S/C13H21F2NO3/c1-9(17)12(5)6-7-16(8-13(12,14)15)10(18)19-11(2,3)4/h6-8H2,1-5H3. The zero-order chi connectivity index (χ0) is 15.1. The summed E-state index contributed by atoms with van der Waals surface area (Å²) in [5.41, 5.74) is -2.43. The molecule has 4 nitrogen and oxygen atoms in total. The zero-order valence-corrected chi connectivity index (χ0v) is 12.0. The van der Waals surface area contributed by atoms with Gasteiger partial charge in [-0.3, -0.25) is 4.79 Å². The molecule has 0 aliphatic carbocycles. The Labute approximate surface area is 112 Å². The van der Waals surface area contributed by atoms with E-state index in [1.807, 2.05) is 0 Å². The molecule has 0 saturated carbocycles. The molecule has 0 bridgehead atoms. The summed E-state index contributed by atoms with van der Waals surface area (Å²) in [7, 11) is 0. The minimum absolute atomic E-state index is 0.0609. The number of nitrogens with zero attached hydrogens (tertiary/aromatic N) is 1. The maximum absolute atomic E-state index is 14.1. The van der Waals surface area contributed by atoms with Crippen LogP contribution in [0.25, 0.3) is 0 Å². The molecule has 1 aliphatic heterocycles. The van der Waals surface area contributed by atoms with Gasteiger partial charge in [0.25, 0.3) is 5.92 Å². The summed E-state index contributed by atoms with van der Waals surface area (Å²) < 4.78 is 33.2. The van der Waals surface area contributed by atoms with Gasteiger partial charge in [-0.25, -0.2) is 13.6 Å². The van der Waals surface area contributed by atoms with Crippen molar-refractivity contribution in [3.05, 3.63) is 0 Å². The minimum atomic E-state index is -3.24. The molecule has 1 unspecified atom stereocenters. The third-order valence-corrected chi connectivity index (χ3v) is 3.51. The summed E-state index contributed by atoms with van der Waals surface area (Å²) in [6.45, 7) is 6.75. The molecule has 0 aromatic heterocycles. The van der Waals surface area contributed by atoms with Gasteiger partial charge in [0.1, 0.15) is 11.4 Å². The maximum Gasteiger partial charge on any atom is 0.410 e. The fraction of sp³-hybridized carbons (Fsp3) is 0.846. The summed E-state index contributed by atoms with van der Waals surface area (Å²) in [5.74, 6) is -3.80. The molecule has 1 rings (SSSR count). The molecule has 1 amide bonds. The molecular formula is C13H21F2NO3. The van der Waals surface area contributed by atoms with Crippen LogP contribution in [0.3, 0.4) is 0 Å². The van der Waals surface area contributed by atoms with Crippen LogP contribution in [0, 0.1) is 5.41 Å². The Balaban J connectivity index is 2.82. The second kappa shape index (κ2) is 4.72. The molecule has 0 radical (unpaired) electrons. The number of carbonyl (C=O) groups is 2. The number of likely N-dealkylation sites (tertiary alicyclic amines) is 1. The van der Waals surface area contributed by atoms with E-state index in [1.165, 1.54) is 6.92 Å². The number of piperidine rings is 1. The molecule has 19 heavy (non-hydrogen) atoms. The van der Waals surface area contributed by atoms with Crippen LogP contribution in [0.15, 0.2) is 0 Å². The van der Waals surface area contributed by atoms with Gasteiger partial charge in [0.2, 0.25) is 0 Å². The Morgan fingerprint density at radius 2 is 1.79 bits per heavy atom. The lowest BCUT2D eigenvalue weighted by Crippen LogP contribution is -2.59. The first-order valence-corrected chi connectivity index (χ1v) is 6.26. The van der Waals surface area contributed by atoms with Crippen molar-refractivity contribution < 1.29 is 23.1 Å². The number of hydrogen-bond donors (Lipinski definition) is 0. The molecule has 6 heteroatoms. The van der Waals surface area contributed by atoms with E-state index in [-0.39, 0.29) is 13.0 Å². The predicted octanol–water partition coefficient (Wildman–Crippen LogP) is 2.86. The summed E-state index contributed by atoms with van der Waals surface area (Å²) in [5, 5.41) is 0. The van der Waals surface area contributed by atoms with Gasteiger partial charge in [0.15, 0.2) is 0 Å². The van der Waals surface area contributed by atoms with Crippen LogP contribution < -0.4 is 0 Å². The van der Waals surface area contributed by atoms with Crippen LogP contribution in [0.5, 0.6) is 0 Å². The fourth-order valence-electron chi connectivity index (χ4n) is 1.95. The largest absolute Gasteiger partial charge is 0.444 e. The van der Waals surface area contributed by atoms with E-state index in [2.05, 4.69) is 0 Å². The molecule has 1 saturated heterocycles. The third kappa shape index (κ3) is 3.22. The van der Waals surface area contributed by atoms with Gasteiger partial charge in [0, 0.05) is 6.54 Å². The van der Waals surface area contributed by atoms with E-state index in [9.17, 15) is 18.4 Å². The van der Waals surface area contributed by atoms with Crippen molar-refractivity contribution in [3.63, 3.8) is 0 Å². The topological polar surface area (TPSA) is 46.6 Å². The third-order valence-electron chi connectivity index (χ3n) is 3.51. The first kappa shape index (κ1) is 15.9. The molecule has 1 aliphatic rings. The van der Waals surface area contributed by atoms with Crippen LogP contribution in [0.4, 0.5) is 13.6 Å². The molecule has 0 aromatic rings. The first-order valence-electron chi connectivity index (χ1n) is 6.26. The average molecular weight is 277 g/mol. The van der Waals surface area contributed by atoms with E-state index in [0.717, 1.165) is 11.8 Å². The summed E-state index contributed by atoms with van der Waals surface area (Å²) in [6.07, 6.45) is -0.827. The van der Waals surface area contributed by atoms with Gasteiger partial charge in [-0.2, -0.15) is 0 Å². The van der Waals surface area contributed by atoms with Gasteiger partial charge in [-0.15, -0.1) is 0 Å². The van der Waals surface area contributed by atoms with Crippen LogP contribution in [0.2, 0.25) is 0 Å². The van der Waals surface area contributed by atoms with Crippen molar-refractivity contribution in [2.45, 2.75) is 52.6 Å². The lowest BCUT2D eigenvalue weighted by atomic mass is 9.74. The summed E-state index contributed by atoms with van der Waals surface area (Å²) in [6, 6.07) is 0. The van der Waals surface area contributed by atoms with Gasteiger partial charge in [-0.05, 0) is 41.0 Å². The highest BCUT2D eigenvalue weighted by atomic mass is 19.3. The van der Waals surface area contributed by atoms with E-state index < -0.39 is 35.4 Å². The highest BCUT2D eigenvalue weighted by molar-refractivity contribution is 5.83. The van der Waals surface area contributed by atoms with Crippen LogP contribution in [-0.2, 0) is 9.53 Å². The number of halogens is 2. The Kier molecular flexibility index (Phi) is 3.94. The predicted molar refractivity (Wildman–Crippen MR) is 66.2 cm³/mol. The van der Waals surface area contributed by atoms with Gasteiger partial charge >= 0.3 is 6.09 Å². The molecule has 0 N–H and O–H groups in total. The number of rotatable bonds is 1. The number of alkyl halides is 2. The van der Waals surface area contributed by atoms with Gasteiger partial charge in [0.05, 0.1) is 12.0 Å². The summed E-state index contributed by atoms with van der Waals surface area (Å²) in [4.78, 5) is 24.2. The minimum Gasteiger partial charge on any atom is -0.444 e. The van der Waals surface area contributed by atoms with Crippen molar-refractivity contribution in [3.8, 4) is 0 Å². The zero-order valence-electron chi connectivity index (χ0n) is 12.0. The highest BCUT2D eigenvalue weighted by Gasteiger charge is 2.57. The lowest BCUT2D eigenvalue weighted by Gasteiger charge is -2.44.